The molecule has 0 aliphatic carbocycles. The summed E-state index contributed by atoms with van der Waals surface area (Å²) in [5.74, 6) is 0. The molecule has 0 radical (unpaired) electrons. The molecule has 0 saturated carbocycles. The van der Waals surface area contributed by atoms with E-state index in [2.05, 4.69) is 26.6 Å². The topological polar surface area (TPSA) is 58.2 Å². The number of nitrogens with one attached hydrogen (secondary N) is 2. The van der Waals surface area contributed by atoms with Gasteiger partial charge in [-0.25, -0.2) is 4.79 Å². The summed E-state index contributed by atoms with van der Waals surface area (Å²) in [5.41, 5.74) is 0.999. The molecule has 0 heterocycles. The summed E-state index contributed by atoms with van der Waals surface area (Å²) in [5, 5.41) is 5.02. The maximum Gasteiger partial charge on any atom is 0.315 e. The van der Waals surface area contributed by atoms with Crippen LogP contribution in [0.25, 0.3) is 0 Å². The van der Waals surface area contributed by atoms with Gasteiger partial charge in [-0.15, -0.1) is 0 Å². The first-order valence-corrected chi connectivity index (χ1v) is 5.21. The molecule has 1 rings (SSSR count). The zero-order valence-electron chi connectivity index (χ0n) is 8.00. The Balaban J connectivity index is 2.33. The first-order chi connectivity index (χ1) is 7.22. The number of hydrogen-bond acceptors (Lipinski definition) is 2. The molecule has 1 aromatic rings. The van der Waals surface area contributed by atoms with Crippen LogP contribution < -0.4 is 10.6 Å². The average Bonchev–Trinajstić information content (AvgIpc) is 2.25. The van der Waals surface area contributed by atoms with E-state index in [4.69, 9.17) is 0 Å². The highest BCUT2D eigenvalue weighted by molar-refractivity contribution is 9.10. The minimum atomic E-state index is -0.343. The molecule has 0 unspecified atom stereocenters. The predicted molar refractivity (Wildman–Crippen MR) is 60.4 cm³/mol. The molecule has 0 bridgehead atoms. The average molecular weight is 271 g/mol. The summed E-state index contributed by atoms with van der Waals surface area (Å²) in [6.07, 6.45) is 0.638. The zero-order valence-corrected chi connectivity index (χ0v) is 9.58. The van der Waals surface area contributed by atoms with Crippen LogP contribution in [0.3, 0.4) is 0 Å². The maximum atomic E-state index is 11.1. The van der Waals surface area contributed by atoms with E-state index in [1.54, 1.807) is 0 Å². The van der Waals surface area contributed by atoms with E-state index >= 15 is 0 Å². The molecular formula is C10H11BrN2O2. The van der Waals surface area contributed by atoms with Gasteiger partial charge in [-0.05, 0) is 17.7 Å². The van der Waals surface area contributed by atoms with Crippen molar-refractivity contribution in [1.82, 2.24) is 10.6 Å². The number of rotatable bonds is 4. The number of halogens is 1. The molecule has 4 nitrogen and oxygen atoms in total. The van der Waals surface area contributed by atoms with Crippen LogP contribution in [0.1, 0.15) is 5.56 Å². The van der Waals surface area contributed by atoms with E-state index in [1.165, 1.54) is 0 Å². The van der Waals surface area contributed by atoms with E-state index < -0.39 is 0 Å². The van der Waals surface area contributed by atoms with Crippen molar-refractivity contribution in [3.8, 4) is 0 Å². The fourth-order valence-electron chi connectivity index (χ4n) is 0.981. The second-order valence-corrected chi connectivity index (χ2v) is 3.77. The second kappa shape index (κ2) is 6.19. The molecule has 0 atom stereocenters. The van der Waals surface area contributed by atoms with Crippen LogP contribution >= 0.6 is 15.9 Å². The predicted octanol–water partition coefficient (Wildman–Crippen LogP) is 1.45. The van der Waals surface area contributed by atoms with Gasteiger partial charge in [0, 0.05) is 11.0 Å². The lowest BCUT2D eigenvalue weighted by molar-refractivity contribution is -0.107. The third-order valence-electron chi connectivity index (χ3n) is 1.71. The number of benzene rings is 1. The molecule has 15 heavy (non-hydrogen) atoms. The second-order valence-electron chi connectivity index (χ2n) is 2.86. The summed E-state index contributed by atoms with van der Waals surface area (Å²) < 4.78 is 0.997. The van der Waals surface area contributed by atoms with Gasteiger partial charge in [-0.3, -0.25) is 0 Å². The van der Waals surface area contributed by atoms with Crippen molar-refractivity contribution in [2.24, 2.45) is 0 Å². The Kier molecular flexibility index (Phi) is 4.83. The number of urea groups is 1. The van der Waals surface area contributed by atoms with Gasteiger partial charge in [-0.1, -0.05) is 28.1 Å². The number of carbonyl (C=O) groups excluding carboxylic acids is 2. The third kappa shape index (κ3) is 4.60. The van der Waals surface area contributed by atoms with Crippen LogP contribution in [0, 0.1) is 0 Å². The maximum absolute atomic E-state index is 11.1. The lowest BCUT2D eigenvalue weighted by Gasteiger charge is -2.05. The minimum absolute atomic E-state index is 0.0339. The van der Waals surface area contributed by atoms with Gasteiger partial charge >= 0.3 is 6.03 Å². The monoisotopic (exact) mass is 270 g/mol. The molecule has 0 fully saturated rings. The van der Waals surface area contributed by atoms with Gasteiger partial charge in [0.05, 0.1) is 6.54 Å². The number of amides is 2. The van der Waals surface area contributed by atoms with Crippen LogP contribution in [-0.4, -0.2) is 18.9 Å². The van der Waals surface area contributed by atoms with Gasteiger partial charge in [0.25, 0.3) is 0 Å². The Morgan fingerprint density at radius 2 is 1.93 bits per heavy atom. The van der Waals surface area contributed by atoms with Gasteiger partial charge in [-0.2, -0.15) is 0 Å². The highest BCUT2D eigenvalue weighted by Gasteiger charge is 1.98. The lowest BCUT2D eigenvalue weighted by atomic mass is 10.2. The molecule has 80 valence electrons. The van der Waals surface area contributed by atoms with Crippen LogP contribution in [0.15, 0.2) is 28.7 Å². The van der Waals surface area contributed by atoms with E-state index in [0.29, 0.717) is 12.8 Å². The summed E-state index contributed by atoms with van der Waals surface area (Å²) in [6.45, 7) is 0.476. The van der Waals surface area contributed by atoms with E-state index in [-0.39, 0.29) is 12.6 Å². The van der Waals surface area contributed by atoms with Crippen molar-refractivity contribution < 1.29 is 9.59 Å². The summed E-state index contributed by atoms with van der Waals surface area (Å²) in [7, 11) is 0. The van der Waals surface area contributed by atoms with Crippen LogP contribution in [-0.2, 0) is 11.3 Å². The molecular weight excluding hydrogens is 260 g/mol. The first kappa shape index (κ1) is 11.7. The van der Waals surface area contributed by atoms with E-state index in [1.807, 2.05) is 24.3 Å². The number of aldehydes is 1. The Hall–Kier alpha value is -1.36. The summed E-state index contributed by atoms with van der Waals surface area (Å²) in [4.78, 5) is 21.0. The molecule has 2 N–H and O–H groups in total. The number of hydrogen-bond donors (Lipinski definition) is 2. The van der Waals surface area contributed by atoms with Crippen LogP contribution in [0.5, 0.6) is 0 Å². The van der Waals surface area contributed by atoms with Gasteiger partial charge < -0.3 is 15.4 Å². The molecule has 0 aromatic heterocycles. The molecule has 5 heteroatoms. The Morgan fingerprint density at radius 3 is 2.53 bits per heavy atom. The molecule has 0 saturated heterocycles. The van der Waals surface area contributed by atoms with Gasteiger partial charge in [0.15, 0.2) is 0 Å². The Morgan fingerprint density at radius 1 is 1.27 bits per heavy atom. The van der Waals surface area contributed by atoms with Gasteiger partial charge in [0.1, 0.15) is 6.29 Å². The lowest BCUT2D eigenvalue weighted by Crippen LogP contribution is -2.35. The van der Waals surface area contributed by atoms with E-state index in [0.717, 1.165) is 10.0 Å². The Bertz CT molecular complexity index is 338. The highest BCUT2D eigenvalue weighted by atomic mass is 79.9. The van der Waals surface area contributed by atoms with Crippen molar-refractivity contribution in [2.75, 3.05) is 6.54 Å². The van der Waals surface area contributed by atoms with Crippen molar-refractivity contribution in [3.63, 3.8) is 0 Å². The quantitative estimate of drug-likeness (QED) is 0.814. The SMILES string of the molecule is O=CCNC(=O)NCc1ccc(Br)cc1. The normalized spacial score (nSPS) is 9.40. The molecule has 2 amide bonds. The summed E-state index contributed by atoms with van der Waals surface area (Å²) in [6, 6.07) is 7.28. The smallest absolute Gasteiger partial charge is 0.315 e. The number of carbonyl (C=O) groups is 2. The molecule has 0 spiro atoms. The van der Waals surface area contributed by atoms with Gasteiger partial charge in [0.2, 0.25) is 0 Å². The first-order valence-electron chi connectivity index (χ1n) is 4.42. The molecule has 0 aliphatic rings. The molecule has 0 aliphatic heterocycles. The fourth-order valence-corrected chi connectivity index (χ4v) is 1.25. The largest absolute Gasteiger partial charge is 0.334 e. The summed E-state index contributed by atoms with van der Waals surface area (Å²) >= 11 is 3.32. The van der Waals surface area contributed by atoms with Crippen molar-refractivity contribution in [2.45, 2.75) is 6.54 Å². The van der Waals surface area contributed by atoms with Crippen LogP contribution in [0.2, 0.25) is 0 Å². The Labute approximate surface area is 96.2 Å². The highest BCUT2D eigenvalue weighted by Crippen LogP contribution is 2.09. The van der Waals surface area contributed by atoms with E-state index in [9.17, 15) is 9.59 Å². The van der Waals surface area contributed by atoms with Crippen molar-refractivity contribution in [1.29, 1.82) is 0 Å². The van der Waals surface area contributed by atoms with Crippen molar-refractivity contribution >= 4 is 28.2 Å². The third-order valence-corrected chi connectivity index (χ3v) is 2.24. The minimum Gasteiger partial charge on any atom is -0.334 e. The van der Waals surface area contributed by atoms with Crippen LogP contribution in [0.4, 0.5) is 4.79 Å². The fraction of sp³-hybridized carbons (Fsp3) is 0.200. The standard InChI is InChI=1S/C10H11BrN2O2/c11-9-3-1-8(2-4-9)7-13-10(15)12-5-6-14/h1-4,6H,5,7H2,(H2,12,13,15). The van der Waals surface area contributed by atoms with Crippen molar-refractivity contribution in [3.05, 3.63) is 34.3 Å². The molecule has 1 aromatic carbocycles. The zero-order chi connectivity index (χ0) is 11.1.